The molecule has 136 valence electrons. The van der Waals surface area contributed by atoms with Crippen LogP contribution < -0.4 is 15.5 Å². The summed E-state index contributed by atoms with van der Waals surface area (Å²) in [5.41, 5.74) is 3.21. The molecule has 6 nitrogen and oxygen atoms in total. The number of hydrogen-bond donors (Lipinski definition) is 2. The molecule has 2 heterocycles. The number of nitrogens with one attached hydrogen (secondary N) is 2. The highest BCUT2D eigenvalue weighted by Gasteiger charge is 2.24. The first kappa shape index (κ1) is 17.9. The largest absolute Gasteiger partial charge is 0.338 e. The topological polar surface area (TPSA) is 74.3 Å². The summed E-state index contributed by atoms with van der Waals surface area (Å²) in [6, 6.07) is 9.03. The monoisotopic (exact) mass is 352 g/mol. The van der Waals surface area contributed by atoms with Crippen molar-refractivity contribution in [2.45, 2.75) is 26.7 Å². The molecule has 0 unspecified atom stereocenters. The van der Waals surface area contributed by atoms with Crippen molar-refractivity contribution in [3.63, 3.8) is 0 Å². The van der Waals surface area contributed by atoms with E-state index in [-0.39, 0.29) is 11.9 Å². The SMILES string of the molecule is CC(C)CNC(=O)Nc1ccc2c(c1)N(C(=O)c1cccnc1)CCC2. The Morgan fingerprint density at radius 1 is 1.27 bits per heavy atom. The summed E-state index contributed by atoms with van der Waals surface area (Å²) < 4.78 is 0. The second-order valence-corrected chi connectivity index (χ2v) is 6.87. The van der Waals surface area contributed by atoms with Crippen LogP contribution >= 0.6 is 0 Å². The van der Waals surface area contributed by atoms with Crippen molar-refractivity contribution in [1.29, 1.82) is 0 Å². The van der Waals surface area contributed by atoms with E-state index in [1.165, 1.54) is 0 Å². The van der Waals surface area contributed by atoms with Gasteiger partial charge in [-0.2, -0.15) is 0 Å². The smallest absolute Gasteiger partial charge is 0.319 e. The number of carbonyl (C=O) groups excluding carboxylic acids is 2. The number of aromatic nitrogens is 1. The Bertz CT molecular complexity index is 790. The third-order valence-corrected chi connectivity index (χ3v) is 4.29. The maximum atomic E-state index is 12.9. The van der Waals surface area contributed by atoms with Gasteiger partial charge in [-0.1, -0.05) is 19.9 Å². The molecule has 0 fully saturated rings. The van der Waals surface area contributed by atoms with Crippen LogP contribution in [0.25, 0.3) is 0 Å². The molecule has 1 aliphatic rings. The number of benzene rings is 1. The third-order valence-electron chi connectivity index (χ3n) is 4.29. The zero-order chi connectivity index (χ0) is 18.5. The molecule has 0 spiro atoms. The van der Waals surface area contributed by atoms with E-state index in [4.69, 9.17) is 0 Å². The second kappa shape index (κ2) is 7.99. The summed E-state index contributed by atoms with van der Waals surface area (Å²) >= 11 is 0. The lowest BCUT2D eigenvalue weighted by Crippen LogP contribution is -2.36. The molecule has 3 rings (SSSR count). The van der Waals surface area contributed by atoms with Gasteiger partial charge in [0.2, 0.25) is 0 Å². The van der Waals surface area contributed by atoms with Crippen LogP contribution in [0, 0.1) is 5.92 Å². The summed E-state index contributed by atoms with van der Waals surface area (Å²) in [7, 11) is 0. The first-order chi connectivity index (χ1) is 12.5. The number of fused-ring (bicyclic) bond motifs is 1. The van der Waals surface area contributed by atoms with Gasteiger partial charge >= 0.3 is 6.03 Å². The van der Waals surface area contributed by atoms with Crippen LogP contribution in [0.3, 0.4) is 0 Å². The predicted molar refractivity (Wildman–Crippen MR) is 103 cm³/mol. The minimum atomic E-state index is -0.236. The number of pyridine rings is 1. The van der Waals surface area contributed by atoms with Gasteiger partial charge in [0, 0.05) is 36.9 Å². The number of aryl methyl sites for hydroxylation is 1. The molecule has 26 heavy (non-hydrogen) atoms. The molecule has 6 heteroatoms. The van der Waals surface area contributed by atoms with E-state index in [2.05, 4.69) is 15.6 Å². The molecule has 0 bridgehead atoms. The van der Waals surface area contributed by atoms with Crippen LogP contribution in [0.4, 0.5) is 16.2 Å². The lowest BCUT2D eigenvalue weighted by atomic mass is 10.0. The van der Waals surface area contributed by atoms with Crippen molar-refractivity contribution in [1.82, 2.24) is 10.3 Å². The van der Waals surface area contributed by atoms with E-state index >= 15 is 0 Å². The van der Waals surface area contributed by atoms with Gasteiger partial charge in [-0.15, -0.1) is 0 Å². The lowest BCUT2D eigenvalue weighted by molar-refractivity contribution is 0.0985. The van der Waals surface area contributed by atoms with Gasteiger partial charge < -0.3 is 15.5 Å². The number of hydrogen-bond acceptors (Lipinski definition) is 3. The molecule has 0 aliphatic carbocycles. The van der Waals surface area contributed by atoms with Crippen LogP contribution in [-0.2, 0) is 6.42 Å². The number of urea groups is 1. The molecule has 2 aromatic rings. The van der Waals surface area contributed by atoms with Gasteiger partial charge in [0.25, 0.3) is 5.91 Å². The van der Waals surface area contributed by atoms with Gasteiger partial charge in [0.1, 0.15) is 0 Å². The van der Waals surface area contributed by atoms with E-state index in [1.54, 1.807) is 29.4 Å². The fraction of sp³-hybridized carbons (Fsp3) is 0.350. The standard InChI is InChI=1S/C20H24N4O2/c1-14(2)12-22-20(26)23-17-8-7-15-6-4-10-24(18(15)11-17)19(25)16-5-3-9-21-13-16/h3,5,7-9,11,13-14H,4,6,10,12H2,1-2H3,(H2,22,23,26). The quantitative estimate of drug-likeness (QED) is 0.885. The van der Waals surface area contributed by atoms with Gasteiger partial charge in [0.15, 0.2) is 0 Å². The van der Waals surface area contributed by atoms with Crippen LogP contribution in [0.2, 0.25) is 0 Å². The van der Waals surface area contributed by atoms with Crippen LogP contribution in [0.5, 0.6) is 0 Å². The van der Waals surface area contributed by atoms with Crippen molar-refractivity contribution in [2.75, 3.05) is 23.3 Å². The van der Waals surface area contributed by atoms with Crippen LogP contribution in [-0.4, -0.2) is 30.0 Å². The number of carbonyl (C=O) groups is 2. The molecule has 0 saturated carbocycles. The summed E-state index contributed by atoms with van der Waals surface area (Å²) in [5, 5.41) is 5.68. The molecular weight excluding hydrogens is 328 g/mol. The summed E-state index contributed by atoms with van der Waals surface area (Å²) in [6.45, 7) is 5.36. The van der Waals surface area contributed by atoms with Gasteiger partial charge in [0.05, 0.1) is 5.56 Å². The number of rotatable bonds is 4. The zero-order valence-corrected chi connectivity index (χ0v) is 15.2. The Hall–Kier alpha value is -2.89. The van der Waals surface area contributed by atoms with Crippen LogP contribution in [0.15, 0.2) is 42.7 Å². The molecular formula is C20H24N4O2. The van der Waals surface area contributed by atoms with E-state index < -0.39 is 0 Å². The molecule has 3 amide bonds. The Balaban J connectivity index is 1.80. The normalized spacial score (nSPS) is 13.3. The summed E-state index contributed by atoms with van der Waals surface area (Å²) in [6.07, 6.45) is 5.07. The average molecular weight is 352 g/mol. The van der Waals surface area contributed by atoms with Crippen molar-refractivity contribution in [2.24, 2.45) is 5.92 Å². The maximum absolute atomic E-state index is 12.9. The molecule has 0 saturated heterocycles. The number of nitrogens with zero attached hydrogens (tertiary/aromatic N) is 2. The van der Waals surface area contributed by atoms with Crippen molar-refractivity contribution < 1.29 is 9.59 Å². The summed E-state index contributed by atoms with van der Waals surface area (Å²) in [5.74, 6) is 0.317. The van der Waals surface area contributed by atoms with E-state index in [9.17, 15) is 9.59 Å². The van der Waals surface area contributed by atoms with Gasteiger partial charge in [-0.25, -0.2) is 4.79 Å². The Morgan fingerprint density at radius 2 is 2.12 bits per heavy atom. The molecule has 1 aliphatic heterocycles. The zero-order valence-electron chi connectivity index (χ0n) is 15.2. The third kappa shape index (κ3) is 4.20. The Labute approximate surface area is 153 Å². The Kier molecular flexibility index (Phi) is 5.51. The molecule has 0 radical (unpaired) electrons. The molecule has 0 atom stereocenters. The highest BCUT2D eigenvalue weighted by atomic mass is 16.2. The fourth-order valence-corrected chi connectivity index (χ4v) is 2.98. The van der Waals surface area contributed by atoms with Crippen LogP contribution in [0.1, 0.15) is 36.2 Å². The lowest BCUT2D eigenvalue weighted by Gasteiger charge is -2.30. The predicted octanol–water partition coefficient (Wildman–Crippen LogP) is 3.45. The highest BCUT2D eigenvalue weighted by Crippen LogP contribution is 2.31. The van der Waals surface area contributed by atoms with Gasteiger partial charge in [-0.3, -0.25) is 9.78 Å². The molecule has 1 aromatic carbocycles. The molecule has 2 N–H and O–H groups in total. The highest BCUT2D eigenvalue weighted by molar-refractivity contribution is 6.07. The maximum Gasteiger partial charge on any atom is 0.319 e. The van der Waals surface area contributed by atoms with Crippen molar-refractivity contribution >= 4 is 23.3 Å². The van der Waals surface area contributed by atoms with Gasteiger partial charge in [-0.05, 0) is 48.6 Å². The number of amides is 3. The second-order valence-electron chi connectivity index (χ2n) is 6.87. The Morgan fingerprint density at radius 3 is 2.85 bits per heavy atom. The van der Waals surface area contributed by atoms with E-state index in [1.807, 2.05) is 32.0 Å². The van der Waals surface area contributed by atoms with E-state index in [0.29, 0.717) is 30.3 Å². The van der Waals surface area contributed by atoms with Crippen molar-refractivity contribution in [3.05, 3.63) is 53.9 Å². The first-order valence-corrected chi connectivity index (χ1v) is 8.94. The van der Waals surface area contributed by atoms with E-state index in [0.717, 1.165) is 24.1 Å². The average Bonchev–Trinajstić information content (AvgIpc) is 2.66. The number of anilines is 2. The van der Waals surface area contributed by atoms with Crippen molar-refractivity contribution in [3.8, 4) is 0 Å². The summed E-state index contributed by atoms with van der Waals surface area (Å²) in [4.78, 5) is 30.7. The minimum absolute atomic E-state index is 0.0690. The fourth-order valence-electron chi connectivity index (χ4n) is 2.98. The minimum Gasteiger partial charge on any atom is -0.338 e. The first-order valence-electron chi connectivity index (χ1n) is 8.94. The molecule has 1 aromatic heterocycles.